The minimum atomic E-state index is -0.495. The molecule has 32 heavy (non-hydrogen) atoms. The van der Waals surface area contributed by atoms with Gasteiger partial charge in [0, 0.05) is 37.9 Å². The predicted molar refractivity (Wildman–Crippen MR) is 128 cm³/mol. The van der Waals surface area contributed by atoms with Crippen molar-refractivity contribution in [1.29, 1.82) is 0 Å². The Morgan fingerprint density at radius 3 is 2.66 bits per heavy atom. The molecule has 2 aromatic rings. The van der Waals surface area contributed by atoms with Crippen LogP contribution in [0.2, 0.25) is 0 Å². The fourth-order valence-electron chi connectivity index (χ4n) is 4.03. The van der Waals surface area contributed by atoms with Crippen LogP contribution in [0.5, 0.6) is 17.2 Å². The van der Waals surface area contributed by atoms with E-state index >= 15 is 0 Å². The molecule has 6 nitrogen and oxygen atoms in total. The Morgan fingerprint density at radius 1 is 1.19 bits per heavy atom. The third kappa shape index (κ3) is 4.50. The number of aromatic hydroxyl groups is 1. The van der Waals surface area contributed by atoms with Crippen LogP contribution >= 0.6 is 0 Å². The number of phenols is 1. The van der Waals surface area contributed by atoms with Crippen LogP contribution in [0.15, 0.2) is 42.5 Å². The van der Waals surface area contributed by atoms with Crippen LogP contribution in [0.25, 0.3) is 12.2 Å². The van der Waals surface area contributed by atoms with Gasteiger partial charge < -0.3 is 24.4 Å². The number of carbonyl (C=O) groups is 1. The van der Waals surface area contributed by atoms with Crippen molar-refractivity contribution in [2.75, 3.05) is 45.2 Å². The van der Waals surface area contributed by atoms with E-state index in [4.69, 9.17) is 9.47 Å². The number of fused-ring (bicyclic) bond motifs is 1. The maximum absolute atomic E-state index is 13.0. The number of hydrogen-bond acceptors (Lipinski definition) is 6. The van der Waals surface area contributed by atoms with E-state index in [1.807, 2.05) is 32.1 Å². The molecule has 2 aliphatic rings. The van der Waals surface area contributed by atoms with Crippen LogP contribution in [0.4, 0.5) is 5.69 Å². The molecule has 0 atom stereocenters. The molecule has 4 rings (SSSR count). The molecule has 168 valence electrons. The zero-order chi connectivity index (χ0) is 22.9. The van der Waals surface area contributed by atoms with E-state index in [1.54, 1.807) is 18.2 Å². The molecule has 0 radical (unpaired) electrons. The molecule has 0 aromatic heterocycles. The number of methoxy groups -OCH3 is 1. The van der Waals surface area contributed by atoms with E-state index in [2.05, 4.69) is 29.0 Å². The molecule has 2 aliphatic heterocycles. The van der Waals surface area contributed by atoms with E-state index in [0.717, 1.165) is 37.4 Å². The van der Waals surface area contributed by atoms with Crippen molar-refractivity contribution in [3.05, 3.63) is 59.2 Å². The molecule has 1 N–H and O–H groups in total. The van der Waals surface area contributed by atoms with Gasteiger partial charge in [-0.25, -0.2) is 0 Å². The Kier molecular flexibility index (Phi) is 5.98. The summed E-state index contributed by atoms with van der Waals surface area (Å²) in [4.78, 5) is 17.7. The molecule has 1 fully saturated rings. The number of ether oxygens (including phenoxy) is 2. The first-order chi connectivity index (χ1) is 15.3. The third-order valence-electron chi connectivity index (χ3n) is 5.92. The first-order valence-corrected chi connectivity index (χ1v) is 10.9. The third-order valence-corrected chi connectivity index (χ3v) is 5.92. The fourth-order valence-corrected chi connectivity index (χ4v) is 4.03. The predicted octanol–water partition coefficient (Wildman–Crippen LogP) is 4.23. The molecular formula is C26H30N2O4. The Hall–Kier alpha value is -3.25. The Bertz CT molecular complexity index is 1080. The van der Waals surface area contributed by atoms with Gasteiger partial charge >= 0.3 is 0 Å². The minimum Gasteiger partial charge on any atom is -0.506 e. The van der Waals surface area contributed by atoms with Crippen molar-refractivity contribution in [3.8, 4) is 17.2 Å². The summed E-state index contributed by atoms with van der Waals surface area (Å²) in [6.45, 7) is 7.88. The molecule has 1 saturated heterocycles. The average molecular weight is 435 g/mol. The number of phenolic OH excluding ortho intramolecular Hbond substituents is 1. The van der Waals surface area contributed by atoms with Crippen molar-refractivity contribution in [1.82, 2.24) is 4.90 Å². The molecule has 0 aliphatic carbocycles. The van der Waals surface area contributed by atoms with Crippen molar-refractivity contribution in [2.45, 2.75) is 19.4 Å². The summed E-state index contributed by atoms with van der Waals surface area (Å²) in [5.74, 6) is 0.317. The van der Waals surface area contributed by atoms with Crippen LogP contribution < -0.4 is 14.4 Å². The monoisotopic (exact) mass is 434 g/mol. The van der Waals surface area contributed by atoms with Gasteiger partial charge in [-0.3, -0.25) is 4.79 Å². The number of carbonyl (C=O) groups excluding carboxylic acids is 1. The number of hydrogen-bond donors (Lipinski definition) is 1. The molecule has 0 amide bonds. The SMILES string of the molecule is COc1cc2c(c(O)c1C(=O)/C=C/c1cccc(N3CCN(C)CC3)c1)C=CC(C)(C)O2. The van der Waals surface area contributed by atoms with Gasteiger partial charge in [0.1, 0.15) is 28.4 Å². The lowest BCUT2D eigenvalue weighted by molar-refractivity contribution is 0.104. The number of benzene rings is 2. The topological polar surface area (TPSA) is 62.2 Å². The lowest BCUT2D eigenvalue weighted by Gasteiger charge is -2.34. The molecule has 0 saturated carbocycles. The summed E-state index contributed by atoms with van der Waals surface area (Å²) in [5.41, 5.74) is 2.19. The van der Waals surface area contributed by atoms with Gasteiger partial charge in [-0.15, -0.1) is 0 Å². The zero-order valence-corrected chi connectivity index (χ0v) is 19.1. The van der Waals surface area contributed by atoms with E-state index in [1.165, 1.54) is 13.2 Å². The first-order valence-electron chi connectivity index (χ1n) is 10.9. The van der Waals surface area contributed by atoms with E-state index in [9.17, 15) is 9.90 Å². The average Bonchev–Trinajstić information content (AvgIpc) is 2.77. The summed E-state index contributed by atoms with van der Waals surface area (Å²) in [5, 5.41) is 10.8. The molecule has 2 aromatic carbocycles. The maximum atomic E-state index is 13.0. The molecule has 2 heterocycles. The normalized spacial score (nSPS) is 17.8. The highest BCUT2D eigenvalue weighted by molar-refractivity contribution is 6.11. The van der Waals surface area contributed by atoms with Gasteiger partial charge in [-0.1, -0.05) is 18.2 Å². The Balaban J connectivity index is 1.59. The fraction of sp³-hybridized carbons (Fsp3) is 0.346. The van der Waals surface area contributed by atoms with Crippen LogP contribution in [-0.2, 0) is 0 Å². The number of anilines is 1. The zero-order valence-electron chi connectivity index (χ0n) is 19.1. The quantitative estimate of drug-likeness (QED) is 0.561. The number of ketones is 1. The van der Waals surface area contributed by atoms with Gasteiger partial charge in [0.05, 0.1) is 12.7 Å². The van der Waals surface area contributed by atoms with Crippen LogP contribution in [0, 0.1) is 0 Å². The molecule has 0 unspecified atom stereocenters. The molecule has 6 heteroatoms. The van der Waals surface area contributed by atoms with Gasteiger partial charge in [0.2, 0.25) is 0 Å². The number of rotatable bonds is 5. The van der Waals surface area contributed by atoms with Gasteiger partial charge in [-0.05, 0) is 56.8 Å². The lowest BCUT2D eigenvalue weighted by atomic mass is 9.97. The van der Waals surface area contributed by atoms with Crippen molar-refractivity contribution >= 4 is 23.6 Å². The highest BCUT2D eigenvalue weighted by atomic mass is 16.5. The highest BCUT2D eigenvalue weighted by Crippen LogP contribution is 2.43. The van der Waals surface area contributed by atoms with Gasteiger partial charge in [0.15, 0.2) is 5.78 Å². The summed E-state index contributed by atoms with van der Waals surface area (Å²) < 4.78 is 11.3. The van der Waals surface area contributed by atoms with Crippen molar-refractivity contribution in [3.63, 3.8) is 0 Å². The number of allylic oxidation sites excluding steroid dienone is 1. The van der Waals surface area contributed by atoms with Crippen molar-refractivity contribution in [2.24, 2.45) is 0 Å². The summed E-state index contributed by atoms with van der Waals surface area (Å²) >= 11 is 0. The van der Waals surface area contributed by atoms with Crippen LogP contribution in [0.3, 0.4) is 0 Å². The van der Waals surface area contributed by atoms with E-state index in [-0.39, 0.29) is 22.8 Å². The number of likely N-dealkylation sites (N-methyl/N-ethyl adjacent to an activating group) is 1. The van der Waals surface area contributed by atoms with Crippen LogP contribution in [0.1, 0.15) is 35.3 Å². The minimum absolute atomic E-state index is 0.130. The molecule has 0 spiro atoms. The highest BCUT2D eigenvalue weighted by Gasteiger charge is 2.28. The van der Waals surface area contributed by atoms with Gasteiger partial charge in [0.25, 0.3) is 0 Å². The first kappa shape index (κ1) is 22.0. The standard InChI is InChI=1S/C26H30N2O4/c1-26(2)11-10-20-22(32-26)17-23(31-4)24(25(20)30)21(29)9-8-18-6-5-7-19(16-18)28-14-12-27(3)13-15-28/h5-11,16-17,30H,12-15H2,1-4H3/b9-8+. The summed E-state index contributed by atoms with van der Waals surface area (Å²) in [6.07, 6.45) is 6.89. The smallest absolute Gasteiger partial charge is 0.193 e. The number of piperazine rings is 1. The largest absolute Gasteiger partial charge is 0.506 e. The lowest BCUT2D eigenvalue weighted by Crippen LogP contribution is -2.44. The van der Waals surface area contributed by atoms with E-state index in [0.29, 0.717) is 11.3 Å². The molecule has 0 bridgehead atoms. The Morgan fingerprint density at radius 2 is 1.94 bits per heavy atom. The second kappa shape index (κ2) is 8.71. The van der Waals surface area contributed by atoms with Crippen molar-refractivity contribution < 1.29 is 19.4 Å². The second-order valence-electron chi connectivity index (χ2n) is 8.84. The summed E-state index contributed by atoms with van der Waals surface area (Å²) in [6, 6.07) is 9.80. The number of nitrogens with zero attached hydrogens (tertiary/aromatic N) is 2. The maximum Gasteiger partial charge on any atom is 0.193 e. The van der Waals surface area contributed by atoms with Gasteiger partial charge in [-0.2, -0.15) is 0 Å². The van der Waals surface area contributed by atoms with E-state index < -0.39 is 5.60 Å². The second-order valence-corrected chi connectivity index (χ2v) is 8.84. The Labute approximate surface area is 189 Å². The van der Waals surface area contributed by atoms with Crippen LogP contribution in [-0.4, -0.2) is 61.7 Å². The molecular weight excluding hydrogens is 404 g/mol. The summed E-state index contributed by atoms with van der Waals surface area (Å²) in [7, 11) is 3.61.